The highest BCUT2D eigenvalue weighted by Gasteiger charge is 2.24. The Balaban J connectivity index is 0.000000110. The van der Waals surface area contributed by atoms with Crippen molar-refractivity contribution in [3.8, 4) is 134 Å². The fraction of sp³-hybridized carbons (Fsp3) is 0. The summed E-state index contributed by atoms with van der Waals surface area (Å²) in [5.74, 6) is 0. The number of fused-ring (bicyclic) bond motifs is 12. The molecular formula is C138H90. The van der Waals surface area contributed by atoms with Gasteiger partial charge in [-0.15, -0.1) is 0 Å². The van der Waals surface area contributed by atoms with Gasteiger partial charge in [0.05, 0.1) is 0 Å². The second kappa shape index (κ2) is 35.5. The van der Waals surface area contributed by atoms with Crippen LogP contribution in [-0.4, -0.2) is 0 Å². The van der Waals surface area contributed by atoms with E-state index in [0.717, 1.165) is 0 Å². The van der Waals surface area contributed by atoms with Crippen LogP contribution >= 0.6 is 0 Å². The van der Waals surface area contributed by atoms with Gasteiger partial charge in [0.1, 0.15) is 0 Å². The lowest BCUT2D eigenvalue weighted by molar-refractivity contribution is 1.60. The summed E-state index contributed by atoms with van der Waals surface area (Å²) in [5, 5.41) is 30.5. The lowest BCUT2D eigenvalue weighted by Crippen LogP contribution is -1.92. The van der Waals surface area contributed by atoms with Crippen molar-refractivity contribution in [2.24, 2.45) is 0 Å². The van der Waals surface area contributed by atoms with Crippen molar-refractivity contribution in [3.05, 3.63) is 546 Å². The van der Waals surface area contributed by atoms with Crippen molar-refractivity contribution in [3.63, 3.8) is 0 Å². The molecule has 0 aliphatic rings. The van der Waals surface area contributed by atoms with E-state index in [9.17, 15) is 0 Å². The Kier molecular flexibility index (Phi) is 21.1. The summed E-state index contributed by atoms with van der Waals surface area (Å²) in [7, 11) is 0. The molecule has 27 aromatic carbocycles. The van der Waals surface area contributed by atoms with Gasteiger partial charge in [-0.2, -0.15) is 0 Å². The summed E-state index contributed by atoms with van der Waals surface area (Å²) in [6, 6.07) is 199. The predicted octanol–water partition coefficient (Wildman–Crippen LogP) is 38.9. The highest BCUT2D eigenvalue weighted by molar-refractivity contribution is 6.27. The Morgan fingerprint density at radius 3 is 0.638 bits per heavy atom. The van der Waals surface area contributed by atoms with Crippen LogP contribution in [0.25, 0.3) is 263 Å². The monoisotopic (exact) mass is 1750 g/mol. The molecule has 642 valence electrons. The lowest BCUT2D eigenvalue weighted by Gasteiger charge is -2.19. The molecule has 27 rings (SSSR count). The summed E-state index contributed by atoms with van der Waals surface area (Å²) >= 11 is 0. The van der Waals surface area contributed by atoms with Gasteiger partial charge < -0.3 is 0 Å². The van der Waals surface area contributed by atoms with Gasteiger partial charge >= 0.3 is 0 Å². The molecule has 0 heteroatoms. The predicted molar refractivity (Wildman–Crippen MR) is 595 cm³/mol. The third kappa shape index (κ3) is 14.8. The van der Waals surface area contributed by atoms with Crippen molar-refractivity contribution in [1.82, 2.24) is 0 Å². The van der Waals surface area contributed by atoms with Gasteiger partial charge in [-0.05, 0) is 275 Å². The minimum Gasteiger partial charge on any atom is -0.0622 e. The van der Waals surface area contributed by atoms with E-state index >= 15 is 0 Å². The maximum Gasteiger partial charge on any atom is -0.00201 e. The van der Waals surface area contributed by atoms with E-state index in [-0.39, 0.29) is 0 Å². The molecule has 0 N–H and O–H groups in total. The lowest BCUT2D eigenvalue weighted by atomic mass is 9.84. The Bertz CT molecular complexity index is 9200. The molecule has 0 aliphatic carbocycles. The first-order valence-corrected chi connectivity index (χ1v) is 47.8. The van der Waals surface area contributed by atoms with E-state index in [0.29, 0.717) is 0 Å². The van der Waals surface area contributed by atoms with Crippen LogP contribution in [0.4, 0.5) is 0 Å². The Hall–Kier alpha value is -17.9. The maximum absolute atomic E-state index is 2.33. The fourth-order valence-corrected chi connectivity index (χ4v) is 22.1. The third-order valence-electron chi connectivity index (χ3n) is 28.4. The van der Waals surface area contributed by atoms with Gasteiger partial charge in [-0.25, -0.2) is 0 Å². The van der Waals surface area contributed by atoms with Gasteiger partial charge in [0.2, 0.25) is 0 Å². The van der Waals surface area contributed by atoms with E-state index < -0.39 is 0 Å². The van der Waals surface area contributed by atoms with E-state index in [2.05, 4.69) is 546 Å². The summed E-state index contributed by atoms with van der Waals surface area (Å²) in [5.41, 5.74) is 30.1. The molecule has 0 saturated heterocycles. The summed E-state index contributed by atoms with van der Waals surface area (Å²) in [6.07, 6.45) is 0. The van der Waals surface area contributed by atoms with E-state index in [1.54, 1.807) is 0 Å². The molecule has 0 aliphatic heterocycles. The highest BCUT2D eigenvalue weighted by Crippen LogP contribution is 2.52. The van der Waals surface area contributed by atoms with E-state index in [1.165, 1.54) is 263 Å². The van der Waals surface area contributed by atoms with Crippen molar-refractivity contribution in [2.75, 3.05) is 0 Å². The number of hydrogen-bond donors (Lipinski definition) is 0. The summed E-state index contributed by atoms with van der Waals surface area (Å²) in [4.78, 5) is 0. The van der Waals surface area contributed by atoms with Crippen LogP contribution in [0.5, 0.6) is 0 Å². The zero-order chi connectivity index (χ0) is 91.4. The quantitative estimate of drug-likeness (QED) is 0.107. The molecule has 0 atom stereocenters. The molecule has 0 fully saturated rings. The van der Waals surface area contributed by atoms with Crippen LogP contribution in [0, 0.1) is 0 Å². The van der Waals surface area contributed by atoms with Gasteiger partial charge in [0.25, 0.3) is 0 Å². The zero-order valence-corrected chi connectivity index (χ0v) is 76.0. The minimum absolute atomic E-state index is 1.22. The van der Waals surface area contributed by atoms with Crippen LogP contribution in [0.2, 0.25) is 0 Å². The van der Waals surface area contributed by atoms with Crippen molar-refractivity contribution >= 4 is 129 Å². The standard InChI is InChI=1S/3C46H30/c1-2-13-32(14-3-1)38-30-29-33-16-5-7-19-37(33)44(38)34-25-27-35(28-26-34)45-40-20-8-10-22-42(40)46(43-23-11-9-21-41(43)45)39-24-12-17-31-15-4-6-18-36(31)39;1-2-12-31(13-3-1)36-29-26-33-16-10-22-38(44(33)30-36)34-24-27-35(28-25-34)45-40-18-6-8-20-42(40)46(43-21-9-7-19-41(43)45)39-23-11-15-32-14-4-5-17-37(32)39;1-2-12-31(13-3-1)35-28-29-39-36(30-35)16-11-22-37(39)33-24-26-34(27-25-33)45-41-18-6-8-20-43(41)46(44-21-9-7-19-42(44)45)40-23-10-15-32-14-4-5-17-38(32)40/h3*1-30H. The van der Waals surface area contributed by atoms with Crippen LogP contribution in [-0.2, 0) is 0 Å². The number of rotatable bonds is 12. The summed E-state index contributed by atoms with van der Waals surface area (Å²) in [6.45, 7) is 0. The molecule has 138 heavy (non-hydrogen) atoms. The number of hydrogen-bond acceptors (Lipinski definition) is 0. The van der Waals surface area contributed by atoms with Crippen LogP contribution in [0.3, 0.4) is 0 Å². The molecule has 0 nitrogen and oxygen atoms in total. The Morgan fingerprint density at radius 2 is 0.283 bits per heavy atom. The highest BCUT2D eigenvalue weighted by atomic mass is 14.3. The third-order valence-corrected chi connectivity index (χ3v) is 28.4. The number of benzene rings is 27. The minimum atomic E-state index is 1.22. The largest absolute Gasteiger partial charge is 0.0622 e. The molecule has 0 spiro atoms. The zero-order valence-electron chi connectivity index (χ0n) is 76.0. The second-order valence-corrected chi connectivity index (χ2v) is 36.1. The maximum atomic E-state index is 2.33. The first kappa shape index (κ1) is 82.0. The Labute approximate surface area is 802 Å². The molecule has 0 heterocycles. The fourth-order valence-electron chi connectivity index (χ4n) is 22.1. The first-order valence-electron chi connectivity index (χ1n) is 47.8. The van der Waals surface area contributed by atoms with Gasteiger partial charge in [0, 0.05) is 0 Å². The van der Waals surface area contributed by atoms with Crippen LogP contribution in [0.1, 0.15) is 0 Å². The Morgan fingerprint density at radius 1 is 0.0725 bits per heavy atom. The summed E-state index contributed by atoms with van der Waals surface area (Å²) < 4.78 is 0. The molecule has 0 radical (unpaired) electrons. The first-order chi connectivity index (χ1) is 68.5. The van der Waals surface area contributed by atoms with Gasteiger partial charge in [-0.3, -0.25) is 0 Å². The van der Waals surface area contributed by atoms with Gasteiger partial charge in [0.15, 0.2) is 0 Å². The van der Waals surface area contributed by atoms with Crippen LogP contribution < -0.4 is 0 Å². The topological polar surface area (TPSA) is 0 Å². The van der Waals surface area contributed by atoms with Crippen molar-refractivity contribution in [2.45, 2.75) is 0 Å². The van der Waals surface area contributed by atoms with E-state index in [4.69, 9.17) is 0 Å². The molecule has 0 bridgehead atoms. The van der Waals surface area contributed by atoms with Crippen LogP contribution in [0.15, 0.2) is 546 Å². The SMILES string of the molecule is c1ccc(-c2ccc3c(-c4ccc(-c5c6ccccc6c(-c6cccc7ccccc67)c6ccccc56)cc4)cccc3c2)cc1.c1ccc(-c2ccc3cccc(-c4ccc(-c5c6ccccc6c(-c6cccc7ccccc67)c6ccccc56)cc4)c3c2)cc1.c1ccc(-c2ccc3ccccc3c2-c2ccc(-c3c4ccccc4c(-c4cccc5ccccc45)c4ccccc34)cc2)cc1. The molecule has 27 aromatic rings. The van der Waals surface area contributed by atoms with E-state index in [1.807, 2.05) is 0 Å². The van der Waals surface area contributed by atoms with Gasteiger partial charge in [-0.1, -0.05) is 534 Å². The van der Waals surface area contributed by atoms with Crippen molar-refractivity contribution < 1.29 is 0 Å². The molecule has 0 aromatic heterocycles. The smallest absolute Gasteiger partial charge is 0.00201 e. The second-order valence-electron chi connectivity index (χ2n) is 36.1. The molecule has 0 unspecified atom stereocenters. The molecular weight excluding hydrogens is 1660 g/mol. The molecule has 0 amide bonds. The average Bonchev–Trinajstić information content (AvgIpc) is 0.733. The van der Waals surface area contributed by atoms with Crippen molar-refractivity contribution in [1.29, 1.82) is 0 Å². The average molecular weight is 1750 g/mol. The molecule has 0 saturated carbocycles. The normalized spacial score (nSPS) is 11.5.